The molecule has 1 fully saturated rings. The molecule has 26 nitrogen and oxygen atoms in total. The van der Waals surface area contributed by atoms with Gasteiger partial charge in [0.2, 0.25) is 11.8 Å². The van der Waals surface area contributed by atoms with Crippen molar-refractivity contribution in [3.8, 4) is 0 Å². The van der Waals surface area contributed by atoms with Gasteiger partial charge in [0.1, 0.15) is 47.6 Å². The van der Waals surface area contributed by atoms with Crippen LogP contribution in [-0.4, -0.2) is 130 Å². The lowest BCUT2D eigenvalue weighted by Gasteiger charge is -2.30. The lowest BCUT2D eigenvalue weighted by molar-refractivity contribution is -0.141. The predicted molar refractivity (Wildman–Crippen MR) is 260 cm³/mol. The molecule has 4 rings (SSSR count). The summed E-state index contributed by atoms with van der Waals surface area (Å²) in [5.74, 6) is -1.51. The summed E-state index contributed by atoms with van der Waals surface area (Å²) < 4.78 is 67.7. The third-order valence-electron chi connectivity index (χ3n) is 12.2. The van der Waals surface area contributed by atoms with E-state index in [9.17, 15) is 62.7 Å². The number of aromatic nitrogens is 4. The Morgan fingerprint density at radius 2 is 1.45 bits per heavy atom. The molecule has 3 aromatic rings. The Balaban J connectivity index is 1.11. The van der Waals surface area contributed by atoms with Crippen LogP contribution in [0.1, 0.15) is 117 Å². The molecule has 29 heteroatoms. The molecule has 73 heavy (non-hydrogen) atoms. The number of Topliss-reactive ketones (excluding diaryl/α,β-unsaturated/α-hetero) is 1. The molecule has 1 aliphatic rings. The summed E-state index contributed by atoms with van der Waals surface area (Å²) in [4.78, 5) is 100. The van der Waals surface area contributed by atoms with E-state index in [-0.39, 0.29) is 48.7 Å². The van der Waals surface area contributed by atoms with E-state index in [2.05, 4.69) is 58.7 Å². The number of aliphatic hydroxyl groups is 2. The number of nitrogens with two attached hydrogens (primary N) is 1. The largest absolute Gasteiger partial charge is 0.481 e. The van der Waals surface area contributed by atoms with Crippen LogP contribution in [0, 0.1) is 10.8 Å². The van der Waals surface area contributed by atoms with E-state index < -0.39 is 95.6 Å². The fourth-order valence-corrected chi connectivity index (χ4v) is 10.6. The zero-order chi connectivity index (χ0) is 54.4. The Morgan fingerprint density at radius 3 is 2.08 bits per heavy atom. The second-order valence-corrected chi connectivity index (χ2v) is 23.9. The molecule has 0 bridgehead atoms. The van der Waals surface area contributed by atoms with Gasteiger partial charge in [0.15, 0.2) is 17.7 Å². The van der Waals surface area contributed by atoms with Crippen LogP contribution in [0.4, 0.5) is 5.82 Å². The molecule has 410 valence electrons. The average molecular weight is 1090 g/mol. The number of nitrogen functional groups attached to an aromatic ring is 1. The highest BCUT2D eigenvalue weighted by molar-refractivity contribution is 7.61. The molecular weight excluding hydrogens is 1020 g/mol. The minimum atomic E-state index is -5.60. The minimum absolute atomic E-state index is 0.00230. The van der Waals surface area contributed by atoms with Crippen molar-refractivity contribution in [2.75, 3.05) is 32.0 Å². The Kier molecular flexibility index (Phi) is 22.4. The van der Waals surface area contributed by atoms with Gasteiger partial charge >= 0.3 is 23.5 Å². The fraction of sp³-hybridized carbons (Fsp3) is 0.659. The number of imidazole rings is 1. The number of amides is 2. The Bertz CT molecular complexity index is 2470. The maximum atomic E-state index is 13.0. The number of phosphoric ester groups is 3. The molecule has 1 aromatic carbocycles. The quantitative estimate of drug-likeness (QED) is 0.0237. The zero-order valence-corrected chi connectivity index (χ0v) is 44.4. The summed E-state index contributed by atoms with van der Waals surface area (Å²) >= 11 is 0. The molecule has 0 saturated carbocycles. The first-order chi connectivity index (χ1) is 33.9. The molecule has 1 aliphatic heterocycles. The van der Waals surface area contributed by atoms with Gasteiger partial charge in [-0.15, -0.1) is 0 Å². The molecule has 7 atom stereocenters. The highest BCUT2D eigenvalue weighted by Gasteiger charge is 2.50. The lowest BCUT2D eigenvalue weighted by atomic mass is 9.81. The standard InChI is InChI=1S/C44H70N7O19P3/c1-42(2,20-10-7-8-12-29-14-16-30(17-15-29)13-9-11-21-44(5,6)65-28-52)32(53)18-22-46-33(54)19-23-47-40(57)37(56)43(3,4)25-67-73(63,64)70-72(61,62)66-24-31-36(69-71(58,59)60)35(55)41(68-31)51-27-50-34-38(45)48-26-49-39(34)51/h14-17,26-28,31,35-37,41,55-56H,7-13,18-25H2,1-6H3,(H,46,54)(H,47,57)(H,61,62)(H,63,64)(H2,45,48,49)(H2,58,59,60). The van der Waals surface area contributed by atoms with Gasteiger partial charge in [0.05, 0.1) is 19.5 Å². The number of fused-ring (bicyclic) bond motifs is 1. The first-order valence-electron chi connectivity index (χ1n) is 23.6. The highest BCUT2D eigenvalue weighted by Crippen LogP contribution is 2.61. The van der Waals surface area contributed by atoms with Crippen molar-refractivity contribution >= 4 is 64.5 Å². The second-order valence-electron chi connectivity index (χ2n) is 19.7. The van der Waals surface area contributed by atoms with Gasteiger partial charge in [-0.25, -0.2) is 28.6 Å². The van der Waals surface area contributed by atoms with Gasteiger partial charge < -0.3 is 55.6 Å². The third-order valence-corrected chi connectivity index (χ3v) is 15.3. The van der Waals surface area contributed by atoms with Gasteiger partial charge in [-0.05, 0) is 69.9 Å². The maximum Gasteiger partial charge on any atom is 0.481 e. The number of ketones is 1. The molecule has 7 unspecified atom stereocenters. The number of hydrogen-bond donors (Lipinski definition) is 9. The van der Waals surface area contributed by atoms with Crippen LogP contribution in [0.3, 0.4) is 0 Å². The topological polar surface area (TPSA) is 390 Å². The van der Waals surface area contributed by atoms with E-state index in [0.29, 0.717) is 12.9 Å². The normalized spacial score (nSPS) is 19.7. The number of aliphatic hydroxyl groups excluding tert-OH is 2. The van der Waals surface area contributed by atoms with Crippen LogP contribution in [0.15, 0.2) is 36.9 Å². The molecule has 0 radical (unpaired) electrons. The predicted octanol–water partition coefficient (Wildman–Crippen LogP) is 3.86. The number of carbonyl (C=O) groups is 4. The van der Waals surface area contributed by atoms with Crippen molar-refractivity contribution in [2.24, 2.45) is 10.8 Å². The number of rotatable bonds is 33. The van der Waals surface area contributed by atoms with Gasteiger partial charge in [-0.2, -0.15) is 4.31 Å². The lowest BCUT2D eigenvalue weighted by Crippen LogP contribution is -2.46. The number of nitrogens with zero attached hydrogens (tertiary/aromatic N) is 4. The van der Waals surface area contributed by atoms with E-state index in [0.717, 1.165) is 68.6 Å². The first-order valence-corrected chi connectivity index (χ1v) is 28.1. The minimum Gasteiger partial charge on any atom is -0.462 e. The van der Waals surface area contributed by atoms with Crippen LogP contribution >= 0.6 is 23.5 Å². The Labute approximate surface area is 422 Å². The number of anilines is 1. The number of aryl methyl sites for hydroxylation is 2. The number of nitrogens with one attached hydrogen (secondary N) is 2. The summed E-state index contributed by atoms with van der Waals surface area (Å²) in [6, 6.07) is 8.62. The maximum absolute atomic E-state index is 13.0. The molecule has 10 N–H and O–H groups in total. The molecule has 0 spiro atoms. The fourth-order valence-electron chi connectivity index (χ4n) is 7.75. The number of benzene rings is 1. The summed E-state index contributed by atoms with van der Waals surface area (Å²) in [5, 5.41) is 26.7. The van der Waals surface area contributed by atoms with E-state index in [1.807, 2.05) is 27.7 Å². The van der Waals surface area contributed by atoms with Crippen LogP contribution in [-0.2, 0) is 73.1 Å². The van der Waals surface area contributed by atoms with Crippen molar-refractivity contribution in [1.82, 2.24) is 30.2 Å². The van der Waals surface area contributed by atoms with Gasteiger partial charge in [0, 0.05) is 36.8 Å². The van der Waals surface area contributed by atoms with Crippen LogP contribution in [0.5, 0.6) is 0 Å². The SMILES string of the molecule is CC(C)(CCCCc1ccc(CCCCCC(C)(C)C(=O)CCNC(=O)CCNC(=O)C(O)C(C)(C)COP(=O)(O)OP(=O)(O)OCC2OC(n3cnc4c(N)ncnc43)C(O)C2OP(=O)(O)O)cc1)OC=O. The Hall–Kier alpha value is -4.10. The number of phosphoric acid groups is 3. The number of hydrogen-bond acceptors (Lipinski definition) is 19. The monoisotopic (exact) mass is 1090 g/mol. The molecule has 2 aromatic heterocycles. The Morgan fingerprint density at radius 1 is 0.849 bits per heavy atom. The van der Waals surface area contributed by atoms with Crippen LogP contribution in [0.2, 0.25) is 0 Å². The summed E-state index contributed by atoms with van der Waals surface area (Å²) in [6.07, 6.45) is 1.26. The molecular formula is C44H70N7O19P3. The number of unbranched alkanes of at least 4 members (excludes halogenated alkanes) is 3. The molecule has 1 saturated heterocycles. The van der Waals surface area contributed by atoms with E-state index in [1.165, 1.54) is 25.0 Å². The van der Waals surface area contributed by atoms with Crippen molar-refractivity contribution in [1.29, 1.82) is 0 Å². The van der Waals surface area contributed by atoms with Crippen LogP contribution < -0.4 is 16.4 Å². The number of carbonyl (C=O) groups excluding carboxylic acids is 4. The highest BCUT2D eigenvalue weighted by atomic mass is 31.3. The van der Waals surface area contributed by atoms with Crippen molar-refractivity contribution in [3.05, 3.63) is 48.0 Å². The second kappa shape index (κ2) is 26.6. The molecule has 2 amide bonds. The van der Waals surface area contributed by atoms with E-state index in [1.54, 1.807) is 0 Å². The summed E-state index contributed by atoms with van der Waals surface area (Å²) in [5.41, 5.74) is 5.74. The zero-order valence-electron chi connectivity index (χ0n) is 41.7. The molecule has 3 heterocycles. The van der Waals surface area contributed by atoms with Gasteiger partial charge in [0.25, 0.3) is 6.47 Å². The average Bonchev–Trinajstić information content (AvgIpc) is 3.86. The van der Waals surface area contributed by atoms with Crippen molar-refractivity contribution in [3.63, 3.8) is 0 Å². The van der Waals surface area contributed by atoms with Crippen molar-refractivity contribution in [2.45, 2.75) is 148 Å². The van der Waals surface area contributed by atoms with E-state index in [4.69, 9.17) is 24.3 Å². The third kappa shape index (κ3) is 19.8. The summed E-state index contributed by atoms with van der Waals surface area (Å²) in [6.45, 7) is 8.40. The van der Waals surface area contributed by atoms with Gasteiger partial charge in [-0.1, -0.05) is 64.8 Å². The first kappa shape index (κ1) is 61.4. The van der Waals surface area contributed by atoms with Crippen LogP contribution in [0.25, 0.3) is 11.2 Å². The number of ether oxygens (including phenoxy) is 2. The summed E-state index contributed by atoms with van der Waals surface area (Å²) in [7, 11) is -16.5. The molecule has 0 aliphatic carbocycles. The van der Waals surface area contributed by atoms with Crippen molar-refractivity contribution < 1.29 is 90.0 Å². The van der Waals surface area contributed by atoms with E-state index >= 15 is 0 Å². The van der Waals surface area contributed by atoms with Gasteiger partial charge in [-0.3, -0.25) is 37.3 Å². The smallest absolute Gasteiger partial charge is 0.462 e.